The van der Waals surface area contributed by atoms with Crippen molar-refractivity contribution in [3.05, 3.63) is 0 Å². The molecule has 7 heavy (non-hydrogen) atoms. The van der Waals surface area contributed by atoms with Gasteiger partial charge < -0.3 is 4.74 Å². The van der Waals surface area contributed by atoms with E-state index in [0.29, 0.717) is 12.5 Å². The van der Waals surface area contributed by atoms with Crippen molar-refractivity contribution >= 4 is 0 Å². The Balaban J connectivity index is 2.16. The second-order valence-electron chi connectivity index (χ2n) is 1.87. The third kappa shape index (κ3) is 0.763. The topological polar surface area (TPSA) is 29.1 Å². The lowest BCUT2D eigenvalue weighted by Crippen LogP contribution is -2.37. The summed E-state index contributed by atoms with van der Waals surface area (Å²) in [6.45, 7) is 2.70. The summed E-state index contributed by atoms with van der Waals surface area (Å²) in [6, 6.07) is 0. The minimum atomic E-state index is -0.704. The fourth-order valence-electron chi connectivity index (χ4n) is 0.621. The van der Waals surface area contributed by atoms with Crippen molar-refractivity contribution < 1.29 is 9.84 Å². The highest BCUT2D eigenvalue weighted by molar-refractivity contribution is 4.66. The Morgan fingerprint density at radius 3 is 2.57 bits per heavy atom. The molecule has 1 saturated heterocycles. The van der Waals surface area contributed by atoms with E-state index >= 15 is 0 Å². The second-order valence-corrected chi connectivity index (χ2v) is 1.87. The molecule has 0 N–H and O–H groups in total. The van der Waals surface area contributed by atoms with E-state index in [0.717, 1.165) is 6.42 Å². The van der Waals surface area contributed by atoms with Crippen LogP contribution < -0.4 is 0 Å². The van der Waals surface area contributed by atoms with Gasteiger partial charge in [0.2, 0.25) is 0 Å². The van der Waals surface area contributed by atoms with Gasteiger partial charge in [-0.05, 0) is 6.42 Å². The van der Waals surface area contributed by atoms with Gasteiger partial charge in [0, 0.05) is 5.92 Å². The first-order chi connectivity index (χ1) is 3.34. The summed E-state index contributed by atoms with van der Waals surface area (Å²) in [4.78, 5) is 0. The van der Waals surface area contributed by atoms with E-state index < -0.39 is 6.29 Å². The SMILES string of the molecule is CCC1COC1[O]. The molecule has 0 aromatic rings. The summed E-state index contributed by atoms with van der Waals surface area (Å²) in [5.74, 6) is 0.306. The standard InChI is InChI=1S/C5H9O2/c1-2-4-3-7-5(4)6/h4-5H,2-3H2,1H3. The van der Waals surface area contributed by atoms with Crippen LogP contribution in [-0.4, -0.2) is 12.9 Å². The zero-order valence-electron chi connectivity index (χ0n) is 4.39. The normalized spacial score (nSPS) is 40.3. The van der Waals surface area contributed by atoms with Crippen LogP contribution in [0, 0.1) is 5.92 Å². The van der Waals surface area contributed by atoms with Crippen LogP contribution in [0.1, 0.15) is 13.3 Å². The Morgan fingerprint density at radius 1 is 1.86 bits per heavy atom. The van der Waals surface area contributed by atoms with Gasteiger partial charge >= 0.3 is 0 Å². The van der Waals surface area contributed by atoms with E-state index in [1.165, 1.54) is 0 Å². The van der Waals surface area contributed by atoms with E-state index in [4.69, 9.17) is 0 Å². The molecule has 0 spiro atoms. The van der Waals surface area contributed by atoms with Crippen LogP contribution >= 0.6 is 0 Å². The highest BCUT2D eigenvalue weighted by Crippen LogP contribution is 2.20. The van der Waals surface area contributed by atoms with Gasteiger partial charge in [-0.1, -0.05) is 6.92 Å². The van der Waals surface area contributed by atoms with Crippen LogP contribution in [0.4, 0.5) is 0 Å². The van der Waals surface area contributed by atoms with Crippen molar-refractivity contribution in [2.24, 2.45) is 5.92 Å². The van der Waals surface area contributed by atoms with Crippen molar-refractivity contribution in [1.82, 2.24) is 0 Å². The van der Waals surface area contributed by atoms with Gasteiger partial charge in [0.05, 0.1) is 6.61 Å². The van der Waals surface area contributed by atoms with Crippen LogP contribution in [0.5, 0.6) is 0 Å². The summed E-state index contributed by atoms with van der Waals surface area (Å²) >= 11 is 0. The van der Waals surface area contributed by atoms with Crippen molar-refractivity contribution in [2.75, 3.05) is 6.61 Å². The maximum Gasteiger partial charge on any atom is 0.196 e. The zero-order valence-corrected chi connectivity index (χ0v) is 4.39. The molecule has 1 fully saturated rings. The molecule has 2 nitrogen and oxygen atoms in total. The van der Waals surface area contributed by atoms with Gasteiger partial charge in [-0.15, -0.1) is 0 Å². The van der Waals surface area contributed by atoms with Gasteiger partial charge in [-0.2, -0.15) is 0 Å². The molecular weight excluding hydrogens is 92.1 g/mol. The van der Waals surface area contributed by atoms with Crippen molar-refractivity contribution in [3.63, 3.8) is 0 Å². The number of hydrogen-bond donors (Lipinski definition) is 0. The Bertz CT molecular complexity index is 61.1. The highest BCUT2D eigenvalue weighted by atomic mass is 16.6. The molecule has 0 aromatic carbocycles. The summed E-state index contributed by atoms with van der Waals surface area (Å²) < 4.78 is 4.58. The van der Waals surface area contributed by atoms with Crippen LogP contribution in [0.25, 0.3) is 0 Å². The summed E-state index contributed by atoms with van der Waals surface area (Å²) in [5, 5.41) is 10.3. The van der Waals surface area contributed by atoms with E-state index in [-0.39, 0.29) is 0 Å². The summed E-state index contributed by atoms with van der Waals surface area (Å²) in [7, 11) is 0. The first-order valence-corrected chi connectivity index (χ1v) is 2.62. The molecule has 0 aliphatic carbocycles. The number of hydrogen-bond acceptors (Lipinski definition) is 1. The molecule has 1 radical (unpaired) electrons. The molecule has 1 aliphatic heterocycles. The molecule has 1 heterocycles. The van der Waals surface area contributed by atoms with Gasteiger partial charge in [-0.25, -0.2) is 5.11 Å². The van der Waals surface area contributed by atoms with E-state index in [1.54, 1.807) is 0 Å². The number of rotatable bonds is 1. The second kappa shape index (κ2) is 1.80. The van der Waals surface area contributed by atoms with Gasteiger partial charge in [-0.3, -0.25) is 0 Å². The average Bonchev–Trinajstić information content (AvgIpc) is 1.65. The maximum absolute atomic E-state index is 10.3. The van der Waals surface area contributed by atoms with E-state index in [2.05, 4.69) is 4.74 Å². The Morgan fingerprint density at radius 2 is 2.57 bits per heavy atom. The third-order valence-electron chi connectivity index (χ3n) is 1.38. The lowest BCUT2D eigenvalue weighted by atomic mass is 10.0. The molecule has 2 heteroatoms. The predicted molar refractivity (Wildman–Crippen MR) is 24.2 cm³/mol. The van der Waals surface area contributed by atoms with Crippen molar-refractivity contribution in [3.8, 4) is 0 Å². The van der Waals surface area contributed by atoms with Crippen LogP contribution in [0.3, 0.4) is 0 Å². The molecule has 1 rings (SSSR count). The van der Waals surface area contributed by atoms with Gasteiger partial charge in [0.1, 0.15) is 0 Å². The summed E-state index contributed by atoms with van der Waals surface area (Å²) in [5.41, 5.74) is 0. The smallest absolute Gasteiger partial charge is 0.196 e. The average molecular weight is 101 g/mol. The van der Waals surface area contributed by atoms with Crippen molar-refractivity contribution in [1.29, 1.82) is 0 Å². The molecule has 1 aliphatic rings. The van der Waals surface area contributed by atoms with Crippen LogP contribution in [0.15, 0.2) is 0 Å². The monoisotopic (exact) mass is 101 g/mol. The highest BCUT2D eigenvalue weighted by Gasteiger charge is 2.29. The Kier molecular flexibility index (Phi) is 1.30. The molecular formula is C5H9O2. The predicted octanol–water partition coefficient (Wildman–Crippen LogP) is 0.799. The minimum Gasteiger partial charge on any atom is -0.349 e. The lowest BCUT2D eigenvalue weighted by Gasteiger charge is -2.29. The molecule has 0 amide bonds. The Labute approximate surface area is 43.1 Å². The lowest BCUT2D eigenvalue weighted by molar-refractivity contribution is -0.261. The Hall–Kier alpha value is -0.0800. The van der Waals surface area contributed by atoms with E-state index in [1.807, 2.05) is 6.92 Å². The van der Waals surface area contributed by atoms with Crippen LogP contribution in [0.2, 0.25) is 0 Å². The van der Waals surface area contributed by atoms with Gasteiger partial charge in [0.15, 0.2) is 6.29 Å². The van der Waals surface area contributed by atoms with Crippen LogP contribution in [-0.2, 0) is 9.84 Å². The van der Waals surface area contributed by atoms with Gasteiger partial charge in [0.25, 0.3) is 0 Å². The van der Waals surface area contributed by atoms with Crippen molar-refractivity contribution in [2.45, 2.75) is 19.6 Å². The fraction of sp³-hybridized carbons (Fsp3) is 1.00. The first-order valence-electron chi connectivity index (χ1n) is 2.62. The molecule has 0 bridgehead atoms. The fourth-order valence-corrected chi connectivity index (χ4v) is 0.621. The molecule has 41 valence electrons. The zero-order chi connectivity index (χ0) is 5.28. The quantitative estimate of drug-likeness (QED) is 0.480. The first kappa shape index (κ1) is 5.06. The molecule has 2 atom stereocenters. The van der Waals surface area contributed by atoms with E-state index in [9.17, 15) is 5.11 Å². The summed E-state index contributed by atoms with van der Waals surface area (Å²) in [6.07, 6.45) is 0.263. The number of ether oxygens (including phenoxy) is 1. The third-order valence-corrected chi connectivity index (χ3v) is 1.38. The maximum atomic E-state index is 10.3. The molecule has 0 saturated carbocycles. The largest absolute Gasteiger partial charge is 0.349 e. The molecule has 0 aromatic heterocycles. The minimum absolute atomic E-state index is 0.306. The molecule has 2 unspecified atom stereocenters.